The lowest BCUT2D eigenvalue weighted by Gasteiger charge is -1.91. The molecule has 1 N–H and O–H groups in total. The lowest BCUT2D eigenvalue weighted by atomic mass is 10.3. The maximum Gasteiger partial charge on any atom is 0.270 e. The molecule has 0 bridgehead atoms. The highest BCUT2D eigenvalue weighted by Crippen LogP contribution is 2.28. The van der Waals surface area contributed by atoms with Gasteiger partial charge in [-0.15, -0.1) is 0 Å². The minimum absolute atomic E-state index is 0.0190. The molecule has 0 fully saturated rings. The van der Waals surface area contributed by atoms with Crippen molar-refractivity contribution in [1.29, 1.82) is 0 Å². The molecule has 0 saturated carbocycles. The number of carbonyl (C=O) groups is 1. The third kappa shape index (κ3) is 1.98. The second-order valence-electron chi connectivity index (χ2n) is 3.11. The van der Waals surface area contributed by atoms with Crippen molar-refractivity contribution in [2.24, 2.45) is 0 Å². The number of benzene rings is 1. The summed E-state index contributed by atoms with van der Waals surface area (Å²) in [6, 6.07) is 4.40. The van der Waals surface area contributed by atoms with Crippen molar-refractivity contribution in [3.8, 4) is 0 Å². The molecule has 0 unspecified atom stereocenters. The van der Waals surface area contributed by atoms with Crippen molar-refractivity contribution in [3.05, 3.63) is 28.3 Å². The zero-order chi connectivity index (χ0) is 11.7. The van der Waals surface area contributed by atoms with Gasteiger partial charge >= 0.3 is 0 Å². The molecular weight excluding hydrogens is 230 g/mol. The van der Waals surface area contributed by atoms with E-state index in [1.165, 1.54) is 30.4 Å². The standard InChI is InChI=1S/C9H7N3O3S/c1-5(13)10-9-11-7-3-2-6(12(14)15)4-8(7)16-9/h2-4H,1H3,(H,10,11,13). The van der Waals surface area contributed by atoms with Gasteiger partial charge in [0.25, 0.3) is 5.69 Å². The van der Waals surface area contributed by atoms with Crippen molar-refractivity contribution < 1.29 is 9.72 Å². The summed E-state index contributed by atoms with van der Waals surface area (Å²) in [7, 11) is 0. The SMILES string of the molecule is CC(=O)Nc1nc2ccc([N+](=O)[O-])cc2s1. The topological polar surface area (TPSA) is 85.1 Å². The summed E-state index contributed by atoms with van der Waals surface area (Å²) in [4.78, 5) is 25.0. The Morgan fingerprint density at radius 3 is 2.94 bits per heavy atom. The number of anilines is 1. The quantitative estimate of drug-likeness (QED) is 0.640. The van der Waals surface area contributed by atoms with Crippen LogP contribution in [-0.2, 0) is 4.79 Å². The minimum atomic E-state index is -0.461. The van der Waals surface area contributed by atoms with Gasteiger partial charge in [0.2, 0.25) is 5.91 Å². The van der Waals surface area contributed by atoms with Gasteiger partial charge in [0.1, 0.15) is 0 Å². The molecule has 2 aromatic rings. The molecule has 0 aliphatic heterocycles. The Kier molecular flexibility index (Phi) is 2.53. The summed E-state index contributed by atoms with van der Waals surface area (Å²) in [6.07, 6.45) is 0. The first-order valence-electron chi connectivity index (χ1n) is 4.39. The van der Waals surface area contributed by atoms with Crippen molar-refractivity contribution in [3.63, 3.8) is 0 Å². The van der Waals surface area contributed by atoms with Gasteiger partial charge in [-0.1, -0.05) is 11.3 Å². The Bertz CT molecular complexity index is 578. The number of nitrogens with one attached hydrogen (secondary N) is 1. The van der Waals surface area contributed by atoms with E-state index in [0.717, 1.165) is 0 Å². The van der Waals surface area contributed by atoms with Gasteiger partial charge in [0.15, 0.2) is 5.13 Å². The molecule has 0 aliphatic rings. The molecule has 0 spiro atoms. The molecular formula is C9H7N3O3S. The van der Waals surface area contributed by atoms with E-state index in [2.05, 4.69) is 10.3 Å². The summed E-state index contributed by atoms with van der Waals surface area (Å²) in [5, 5.41) is 13.5. The van der Waals surface area contributed by atoms with E-state index < -0.39 is 4.92 Å². The van der Waals surface area contributed by atoms with Crippen LogP contribution >= 0.6 is 11.3 Å². The van der Waals surface area contributed by atoms with Crippen LogP contribution in [-0.4, -0.2) is 15.8 Å². The molecule has 6 nitrogen and oxygen atoms in total. The number of amides is 1. The van der Waals surface area contributed by atoms with E-state index >= 15 is 0 Å². The molecule has 1 aromatic heterocycles. The number of fused-ring (bicyclic) bond motifs is 1. The average molecular weight is 237 g/mol. The summed E-state index contributed by atoms with van der Waals surface area (Å²) < 4.78 is 0.679. The van der Waals surface area contributed by atoms with E-state index in [1.807, 2.05) is 0 Å². The average Bonchev–Trinajstić information content (AvgIpc) is 2.56. The number of rotatable bonds is 2. The molecule has 0 aliphatic carbocycles. The van der Waals surface area contributed by atoms with Crippen LogP contribution in [0.5, 0.6) is 0 Å². The lowest BCUT2D eigenvalue weighted by molar-refractivity contribution is -0.384. The number of carbonyl (C=O) groups excluding carboxylic acids is 1. The van der Waals surface area contributed by atoms with E-state index in [-0.39, 0.29) is 11.6 Å². The lowest BCUT2D eigenvalue weighted by Crippen LogP contribution is -2.04. The van der Waals surface area contributed by atoms with E-state index in [4.69, 9.17) is 0 Å². The van der Waals surface area contributed by atoms with Crippen LogP contribution in [0.2, 0.25) is 0 Å². The van der Waals surface area contributed by atoms with Gasteiger partial charge in [0, 0.05) is 19.1 Å². The van der Waals surface area contributed by atoms with Crippen molar-refractivity contribution in [2.75, 3.05) is 5.32 Å². The summed E-state index contributed by atoms with van der Waals surface area (Å²) in [5.74, 6) is -0.214. The summed E-state index contributed by atoms with van der Waals surface area (Å²) >= 11 is 1.21. The van der Waals surface area contributed by atoms with Gasteiger partial charge in [-0.25, -0.2) is 4.98 Å². The largest absolute Gasteiger partial charge is 0.302 e. The second kappa shape index (κ2) is 3.86. The summed E-state index contributed by atoms with van der Waals surface area (Å²) in [5.41, 5.74) is 0.657. The molecule has 82 valence electrons. The molecule has 0 atom stereocenters. The third-order valence-electron chi connectivity index (χ3n) is 1.87. The van der Waals surface area contributed by atoms with Crippen molar-refractivity contribution >= 4 is 38.3 Å². The molecule has 1 heterocycles. The normalized spacial score (nSPS) is 10.3. The summed E-state index contributed by atoms with van der Waals surface area (Å²) in [6.45, 7) is 1.38. The van der Waals surface area contributed by atoms with Gasteiger partial charge in [0.05, 0.1) is 15.1 Å². The molecule has 1 aromatic carbocycles. The molecule has 16 heavy (non-hydrogen) atoms. The highest BCUT2D eigenvalue weighted by Gasteiger charge is 2.10. The first kappa shape index (κ1) is 10.5. The zero-order valence-corrected chi connectivity index (χ0v) is 9.08. The number of hydrogen-bond acceptors (Lipinski definition) is 5. The van der Waals surface area contributed by atoms with Crippen LogP contribution in [0.25, 0.3) is 10.2 Å². The van der Waals surface area contributed by atoms with Gasteiger partial charge in [-0.05, 0) is 6.07 Å². The van der Waals surface area contributed by atoms with Crippen LogP contribution in [0.15, 0.2) is 18.2 Å². The number of hydrogen-bond donors (Lipinski definition) is 1. The fourth-order valence-corrected chi connectivity index (χ4v) is 2.18. The van der Waals surface area contributed by atoms with Crippen LogP contribution in [0.1, 0.15) is 6.92 Å². The fourth-order valence-electron chi connectivity index (χ4n) is 1.23. The van der Waals surface area contributed by atoms with Crippen LogP contribution in [0, 0.1) is 10.1 Å². The highest BCUT2D eigenvalue weighted by atomic mass is 32.1. The maximum absolute atomic E-state index is 10.8. The molecule has 7 heteroatoms. The predicted molar refractivity (Wildman–Crippen MR) is 60.6 cm³/mol. The van der Waals surface area contributed by atoms with Crippen molar-refractivity contribution in [2.45, 2.75) is 6.92 Å². The van der Waals surface area contributed by atoms with Crippen molar-refractivity contribution in [1.82, 2.24) is 4.98 Å². The first-order valence-corrected chi connectivity index (χ1v) is 5.20. The smallest absolute Gasteiger partial charge is 0.270 e. The first-order chi connectivity index (χ1) is 7.56. The second-order valence-corrected chi connectivity index (χ2v) is 4.14. The fraction of sp³-hybridized carbons (Fsp3) is 0.111. The number of nitrogens with zero attached hydrogens (tertiary/aromatic N) is 2. The number of nitro benzene ring substituents is 1. The Balaban J connectivity index is 2.45. The van der Waals surface area contributed by atoms with Gasteiger partial charge in [-0.3, -0.25) is 14.9 Å². The van der Waals surface area contributed by atoms with Crippen LogP contribution in [0.3, 0.4) is 0 Å². The zero-order valence-electron chi connectivity index (χ0n) is 8.26. The predicted octanol–water partition coefficient (Wildman–Crippen LogP) is 2.16. The Labute approximate surface area is 94.1 Å². The van der Waals surface area contributed by atoms with Crippen LogP contribution < -0.4 is 5.32 Å². The van der Waals surface area contributed by atoms with Gasteiger partial charge < -0.3 is 5.32 Å². The van der Waals surface area contributed by atoms with Crippen LogP contribution in [0.4, 0.5) is 10.8 Å². The maximum atomic E-state index is 10.8. The molecule has 1 amide bonds. The Morgan fingerprint density at radius 2 is 2.31 bits per heavy atom. The minimum Gasteiger partial charge on any atom is -0.302 e. The van der Waals surface area contributed by atoms with E-state index in [0.29, 0.717) is 15.3 Å². The molecule has 0 radical (unpaired) electrons. The molecule has 2 rings (SSSR count). The molecule has 0 saturated heterocycles. The Hall–Kier alpha value is -2.02. The number of thiazole rings is 1. The third-order valence-corrected chi connectivity index (χ3v) is 2.80. The monoisotopic (exact) mass is 237 g/mol. The van der Waals surface area contributed by atoms with Gasteiger partial charge in [-0.2, -0.15) is 0 Å². The Morgan fingerprint density at radius 1 is 1.56 bits per heavy atom. The number of non-ortho nitro benzene ring substituents is 1. The van der Waals surface area contributed by atoms with E-state index in [9.17, 15) is 14.9 Å². The number of nitro groups is 1. The number of aromatic nitrogens is 1. The highest BCUT2D eigenvalue weighted by molar-refractivity contribution is 7.22. The van der Waals surface area contributed by atoms with E-state index in [1.54, 1.807) is 6.07 Å².